The average Bonchev–Trinajstić information content (AvgIpc) is 2.69. The minimum Gasteiger partial charge on any atom is -0.504 e. The summed E-state index contributed by atoms with van der Waals surface area (Å²) in [5.74, 6) is -0.219. The van der Waals surface area contributed by atoms with Gasteiger partial charge in [0, 0.05) is 12.6 Å². The van der Waals surface area contributed by atoms with Gasteiger partial charge in [-0.2, -0.15) is 9.41 Å². The van der Waals surface area contributed by atoms with Crippen LogP contribution in [0.4, 0.5) is 0 Å². The molecule has 2 aromatic carbocycles. The molecule has 156 valence electrons. The van der Waals surface area contributed by atoms with Crippen LogP contribution in [-0.2, 0) is 14.8 Å². The molecule has 11 heteroatoms. The summed E-state index contributed by atoms with van der Waals surface area (Å²) in [6.07, 6.45) is 1.22. The predicted molar refractivity (Wildman–Crippen MR) is 108 cm³/mol. The maximum absolute atomic E-state index is 12.6. The van der Waals surface area contributed by atoms with Crippen molar-refractivity contribution in [2.24, 2.45) is 5.10 Å². The number of hydrogen-bond acceptors (Lipinski definition) is 7. The lowest BCUT2D eigenvalue weighted by molar-refractivity contribution is -0.121. The highest BCUT2D eigenvalue weighted by Gasteiger charge is 2.24. The van der Waals surface area contributed by atoms with Gasteiger partial charge in [0.25, 0.3) is 5.91 Å². The summed E-state index contributed by atoms with van der Waals surface area (Å²) < 4.78 is 36.0. The van der Waals surface area contributed by atoms with E-state index in [2.05, 4.69) is 10.5 Å². The highest BCUT2D eigenvalue weighted by Crippen LogP contribution is 2.28. The van der Waals surface area contributed by atoms with Gasteiger partial charge >= 0.3 is 0 Å². The second kappa shape index (κ2) is 9.59. The number of methoxy groups -OCH3 is 2. The third kappa shape index (κ3) is 5.37. The van der Waals surface area contributed by atoms with E-state index in [-0.39, 0.29) is 21.4 Å². The SMILES string of the molecule is COc1ccc(S(=O)(=O)N(C)CC(=O)N/N=C/c2cccc(OC)c2O)cc1Cl. The number of carbonyl (C=O) groups is 1. The number of rotatable bonds is 8. The Bertz CT molecular complexity index is 1030. The van der Waals surface area contributed by atoms with Crippen LogP contribution in [0.3, 0.4) is 0 Å². The second-order valence-electron chi connectivity index (χ2n) is 5.75. The van der Waals surface area contributed by atoms with E-state index in [0.29, 0.717) is 11.3 Å². The molecular weight excluding hydrogens is 422 g/mol. The Morgan fingerprint density at radius 2 is 1.93 bits per heavy atom. The number of phenolic OH excluding ortho intramolecular Hbond substituents is 1. The maximum Gasteiger partial charge on any atom is 0.255 e. The van der Waals surface area contributed by atoms with Gasteiger partial charge in [0.05, 0.1) is 36.9 Å². The summed E-state index contributed by atoms with van der Waals surface area (Å²) >= 11 is 5.97. The monoisotopic (exact) mass is 441 g/mol. The molecule has 2 N–H and O–H groups in total. The fraction of sp³-hybridized carbons (Fsp3) is 0.222. The number of benzene rings is 2. The van der Waals surface area contributed by atoms with Crippen LogP contribution in [0.25, 0.3) is 0 Å². The van der Waals surface area contributed by atoms with Crippen LogP contribution in [0.15, 0.2) is 46.4 Å². The van der Waals surface area contributed by atoms with Crippen molar-refractivity contribution >= 4 is 33.7 Å². The van der Waals surface area contributed by atoms with E-state index >= 15 is 0 Å². The molecule has 0 heterocycles. The number of aromatic hydroxyl groups is 1. The van der Waals surface area contributed by atoms with Crippen molar-refractivity contribution in [1.29, 1.82) is 0 Å². The zero-order valence-corrected chi connectivity index (χ0v) is 17.5. The lowest BCUT2D eigenvalue weighted by Gasteiger charge is -2.16. The van der Waals surface area contributed by atoms with E-state index in [0.717, 1.165) is 4.31 Å². The van der Waals surface area contributed by atoms with Crippen molar-refractivity contribution in [3.05, 3.63) is 47.0 Å². The summed E-state index contributed by atoms with van der Waals surface area (Å²) in [6.45, 7) is -0.479. The van der Waals surface area contributed by atoms with E-state index in [1.807, 2.05) is 0 Å². The van der Waals surface area contributed by atoms with E-state index in [1.165, 1.54) is 45.7 Å². The number of nitrogens with one attached hydrogen (secondary N) is 1. The number of likely N-dealkylation sites (N-methyl/N-ethyl adjacent to an activating group) is 1. The number of para-hydroxylation sites is 1. The van der Waals surface area contributed by atoms with Gasteiger partial charge in [0.2, 0.25) is 10.0 Å². The Morgan fingerprint density at radius 3 is 2.55 bits per heavy atom. The summed E-state index contributed by atoms with van der Waals surface area (Å²) in [5, 5.41) is 13.8. The Hall–Kier alpha value is -2.82. The molecule has 0 unspecified atom stereocenters. The number of nitrogens with zero attached hydrogens (tertiary/aromatic N) is 2. The first kappa shape index (κ1) is 22.5. The van der Waals surface area contributed by atoms with Gasteiger partial charge in [0.1, 0.15) is 5.75 Å². The predicted octanol–water partition coefficient (Wildman–Crippen LogP) is 1.83. The van der Waals surface area contributed by atoms with Crippen molar-refractivity contribution < 1.29 is 27.8 Å². The van der Waals surface area contributed by atoms with Crippen LogP contribution in [-0.4, -0.2) is 57.8 Å². The van der Waals surface area contributed by atoms with Crippen LogP contribution < -0.4 is 14.9 Å². The number of carbonyl (C=O) groups excluding carboxylic acids is 1. The average molecular weight is 442 g/mol. The molecule has 9 nitrogen and oxygen atoms in total. The zero-order chi connectivity index (χ0) is 21.6. The molecular formula is C18H20ClN3O6S. The summed E-state index contributed by atoms with van der Waals surface area (Å²) in [7, 11) is 0.125. The number of halogens is 1. The molecule has 29 heavy (non-hydrogen) atoms. The van der Waals surface area contributed by atoms with E-state index in [4.69, 9.17) is 21.1 Å². The molecule has 0 fully saturated rings. The van der Waals surface area contributed by atoms with Gasteiger partial charge in [-0.3, -0.25) is 4.79 Å². The third-order valence-electron chi connectivity index (χ3n) is 3.84. The summed E-state index contributed by atoms with van der Waals surface area (Å²) in [5.41, 5.74) is 2.52. The minimum absolute atomic E-state index is 0.0802. The smallest absolute Gasteiger partial charge is 0.255 e. The van der Waals surface area contributed by atoms with Crippen molar-refractivity contribution in [1.82, 2.24) is 9.73 Å². The van der Waals surface area contributed by atoms with Crippen LogP contribution in [0.2, 0.25) is 5.02 Å². The van der Waals surface area contributed by atoms with Gasteiger partial charge in [-0.25, -0.2) is 13.8 Å². The minimum atomic E-state index is -3.95. The zero-order valence-electron chi connectivity index (χ0n) is 15.9. The highest BCUT2D eigenvalue weighted by atomic mass is 35.5. The van der Waals surface area contributed by atoms with Gasteiger partial charge in [0.15, 0.2) is 11.5 Å². The molecule has 0 aliphatic heterocycles. The molecule has 0 radical (unpaired) electrons. The number of hydrogen-bond donors (Lipinski definition) is 2. The van der Waals surface area contributed by atoms with Gasteiger partial charge in [-0.05, 0) is 30.3 Å². The fourth-order valence-corrected chi connectivity index (χ4v) is 3.77. The molecule has 0 bridgehead atoms. The first-order valence-corrected chi connectivity index (χ1v) is 10.00. The molecule has 0 spiro atoms. The van der Waals surface area contributed by atoms with Crippen molar-refractivity contribution in [3.8, 4) is 17.2 Å². The Morgan fingerprint density at radius 1 is 1.24 bits per heavy atom. The van der Waals surface area contributed by atoms with E-state index in [1.54, 1.807) is 18.2 Å². The Kier molecular flexibility index (Phi) is 7.43. The number of amides is 1. The first-order chi connectivity index (χ1) is 13.7. The summed E-state index contributed by atoms with van der Waals surface area (Å²) in [6, 6.07) is 8.77. The van der Waals surface area contributed by atoms with Crippen LogP contribution >= 0.6 is 11.6 Å². The van der Waals surface area contributed by atoms with Gasteiger partial charge < -0.3 is 14.6 Å². The van der Waals surface area contributed by atoms with Crippen LogP contribution in [0, 0.1) is 0 Å². The van der Waals surface area contributed by atoms with Crippen molar-refractivity contribution in [2.45, 2.75) is 4.90 Å². The first-order valence-electron chi connectivity index (χ1n) is 8.18. The Labute approximate surface area is 173 Å². The molecule has 1 amide bonds. The maximum atomic E-state index is 12.6. The highest BCUT2D eigenvalue weighted by molar-refractivity contribution is 7.89. The van der Waals surface area contributed by atoms with Gasteiger partial charge in [-0.15, -0.1) is 0 Å². The summed E-state index contributed by atoms with van der Waals surface area (Å²) in [4.78, 5) is 12.0. The van der Waals surface area contributed by atoms with E-state index in [9.17, 15) is 18.3 Å². The number of phenols is 1. The standard InChI is InChI=1S/C18H20ClN3O6S/c1-22(29(25,26)13-7-8-15(27-2)14(19)9-13)11-17(23)21-20-10-12-5-4-6-16(28-3)18(12)24/h4-10,24H,11H2,1-3H3,(H,21,23)/b20-10+. The van der Waals surface area contributed by atoms with Gasteiger partial charge in [-0.1, -0.05) is 17.7 Å². The molecule has 0 aliphatic rings. The lowest BCUT2D eigenvalue weighted by atomic mass is 10.2. The molecule has 0 saturated carbocycles. The van der Waals surface area contributed by atoms with E-state index < -0.39 is 22.5 Å². The quantitative estimate of drug-likeness (QED) is 0.476. The van der Waals surface area contributed by atoms with Crippen molar-refractivity contribution in [2.75, 3.05) is 27.8 Å². The third-order valence-corrected chi connectivity index (χ3v) is 5.94. The topological polar surface area (TPSA) is 118 Å². The fourth-order valence-electron chi connectivity index (χ4n) is 2.29. The number of hydrazone groups is 1. The molecule has 0 saturated heterocycles. The Balaban J connectivity index is 2.04. The molecule has 2 rings (SSSR count). The molecule has 0 aliphatic carbocycles. The van der Waals surface area contributed by atoms with Crippen molar-refractivity contribution in [3.63, 3.8) is 0 Å². The number of sulfonamides is 1. The number of ether oxygens (including phenoxy) is 2. The second-order valence-corrected chi connectivity index (χ2v) is 8.20. The lowest BCUT2D eigenvalue weighted by Crippen LogP contribution is -2.36. The normalized spacial score (nSPS) is 11.6. The van der Waals surface area contributed by atoms with Crippen LogP contribution in [0.5, 0.6) is 17.2 Å². The molecule has 0 atom stereocenters. The largest absolute Gasteiger partial charge is 0.504 e. The molecule has 0 aromatic heterocycles. The van der Waals surface area contributed by atoms with Crippen LogP contribution in [0.1, 0.15) is 5.56 Å². The molecule has 2 aromatic rings.